The van der Waals surface area contributed by atoms with Crippen molar-refractivity contribution in [1.82, 2.24) is 0 Å². The van der Waals surface area contributed by atoms with Crippen LogP contribution in [-0.2, 0) is 37.0 Å². The first-order chi connectivity index (χ1) is 24.6. The predicted molar refractivity (Wildman–Crippen MR) is 217 cm³/mol. The van der Waals surface area contributed by atoms with Gasteiger partial charge in [0.05, 0.1) is 0 Å². The minimum Gasteiger partial charge on any atom is -1.00 e. The van der Waals surface area contributed by atoms with Crippen molar-refractivity contribution in [2.75, 3.05) is 0 Å². The molecular formula is C51H45Cl2Zr. The van der Waals surface area contributed by atoms with Crippen LogP contribution in [0.1, 0.15) is 81.3 Å². The van der Waals surface area contributed by atoms with E-state index in [-0.39, 0.29) is 61.8 Å². The Balaban J connectivity index is 0.00000187. The molecule has 6 aromatic rings. The number of benzene rings is 6. The van der Waals surface area contributed by atoms with Crippen LogP contribution in [0.2, 0.25) is 0 Å². The van der Waals surface area contributed by atoms with Crippen molar-refractivity contribution in [2.24, 2.45) is 0 Å². The predicted octanol–water partition coefficient (Wildman–Crippen LogP) is 5.52. The van der Waals surface area contributed by atoms with Gasteiger partial charge >= 0.3 is 26.2 Å². The smallest absolute Gasteiger partial charge is 1.00 e. The fourth-order valence-electron chi connectivity index (χ4n) is 8.18. The monoisotopic (exact) mass is 817 g/mol. The number of rotatable bonds is 5. The van der Waals surface area contributed by atoms with Crippen molar-refractivity contribution < 1.29 is 51.0 Å². The van der Waals surface area contributed by atoms with Crippen LogP contribution in [-0.4, -0.2) is 0 Å². The molecule has 0 nitrogen and oxygen atoms in total. The van der Waals surface area contributed by atoms with Gasteiger partial charge in [0.15, 0.2) is 0 Å². The van der Waals surface area contributed by atoms with Gasteiger partial charge in [-0.05, 0) is 72.6 Å². The second-order valence-electron chi connectivity index (χ2n) is 16.0. The third kappa shape index (κ3) is 7.49. The maximum atomic E-state index is 4.12. The number of hydrogen-bond acceptors (Lipinski definition) is 0. The van der Waals surface area contributed by atoms with Crippen molar-refractivity contribution >= 4 is 17.2 Å². The Morgan fingerprint density at radius 2 is 1.11 bits per heavy atom. The normalized spacial score (nSPS) is 12.7. The second-order valence-corrected chi connectivity index (χ2v) is 16.0. The van der Waals surface area contributed by atoms with Crippen LogP contribution in [0.4, 0.5) is 0 Å². The summed E-state index contributed by atoms with van der Waals surface area (Å²) in [6.07, 6.45) is 11.9. The van der Waals surface area contributed by atoms with Gasteiger partial charge in [-0.3, -0.25) is 0 Å². The fraction of sp³-hybridized carbons (Fsp3) is 0.176. The van der Waals surface area contributed by atoms with Crippen LogP contribution in [0.25, 0.3) is 39.5 Å². The van der Waals surface area contributed by atoms with Crippen LogP contribution >= 0.6 is 0 Å². The van der Waals surface area contributed by atoms with Gasteiger partial charge in [-0.2, -0.15) is 0 Å². The maximum Gasteiger partial charge on any atom is 3.00 e. The number of allylic oxidation sites excluding steroid dienone is 4. The summed E-state index contributed by atoms with van der Waals surface area (Å²) in [6, 6.07) is 49.0. The van der Waals surface area contributed by atoms with E-state index < -0.39 is 0 Å². The summed E-state index contributed by atoms with van der Waals surface area (Å²) in [5.41, 5.74) is 15.1. The van der Waals surface area contributed by atoms with E-state index in [1.54, 1.807) is 0 Å². The summed E-state index contributed by atoms with van der Waals surface area (Å²) in [5, 5.41) is 5.04. The first-order valence-electron chi connectivity index (χ1n) is 18.3. The molecule has 0 bridgehead atoms. The van der Waals surface area contributed by atoms with E-state index in [4.69, 9.17) is 0 Å². The Morgan fingerprint density at radius 1 is 0.593 bits per heavy atom. The molecule has 8 rings (SSSR count). The van der Waals surface area contributed by atoms with E-state index in [1.807, 2.05) is 0 Å². The zero-order valence-electron chi connectivity index (χ0n) is 31.9. The van der Waals surface area contributed by atoms with Crippen LogP contribution < -0.4 is 35.3 Å². The van der Waals surface area contributed by atoms with Gasteiger partial charge in [0.2, 0.25) is 0 Å². The summed E-state index contributed by atoms with van der Waals surface area (Å²) in [7, 11) is 0. The molecule has 3 heteroatoms. The van der Waals surface area contributed by atoms with Crippen LogP contribution in [0, 0.1) is 10.4 Å². The summed E-state index contributed by atoms with van der Waals surface area (Å²) in [6.45, 7) is 14.2. The minimum absolute atomic E-state index is 0. The van der Waals surface area contributed by atoms with E-state index in [2.05, 4.69) is 199 Å². The van der Waals surface area contributed by atoms with Gasteiger partial charge in [-0.25, -0.2) is 0 Å². The van der Waals surface area contributed by atoms with Crippen molar-refractivity contribution in [3.8, 4) is 22.3 Å². The van der Waals surface area contributed by atoms with E-state index in [9.17, 15) is 0 Å². The Morgan fingerprint density at radius 3 is 1.59 bits per heavy atom. The van der Waals surface area contributed by atoms with Crippen LogP contribution in [0.15, 0.2) is 152 Å². The molecule has 2 aliphatic rings. The molecule has 2 aliphatic carbocycles. The summed E-state index contributed by atoms with van der Waals surface area (Å²) < 4.78 is 0. The average Bonchev–Trinajstić information content (AvgIpc) is 3.80. The maximum absolute atomic E-state index is 4.12. The molecule has 54 heavy (non-hydrogen) atoms. The first kappa shape index (κ1) is 41.2. The van der Waals surface area contributed by atoms with E-state index >= 15 is 0 Å². The summed E-state index contributed by atoms with van der Waals surface area (Å²) >= 11 is 0. The van der Waals surface area contributed by atoms with E-state index in [0.717, 1.165) is 11.6 Å². The topological polar surface area (TPSA) is 0 Å². The molecule has 0 amide bonds. The van der Waals surface area contributed by atoms with Crippen molar-refractivity contribution in [3.63, 3.8) is 0 Å². The molecule has 1 radical (unpaired) electrons. The fourth-order valence-corrected chi connectivity index (χ4v) is 8.18. The molecule has 0 saturated carbocycles. The van der Waals surface area contributed by atoms with Crippen molar-refractivity contribution in [1.29, 1.82) is 0 Å². The molecular weight excluding hydrogens is 775 g/mol. The van der Waals surface area contributed by atoms with Gasteiger partial charge in [0, 0.05) is 0 Å². The zero-order chi connectivity index (χ0) is 35.3. The van der Waals surface area contributed by atoms with Gasteiger partial charge in [0.25, 0.3) is 0 Å². The Hall–Kier alpha value is -4.00. The molecule has 0 atom stereocenters. The molecule has 0 aliphatic heterocycles. The average molecular weight is 820 g/mol. The first-order valence-corrected chi connectivity index (χ1v) is 18.3. The molecule has 267 valence electrons. The largest absolute Gasteiger partial charge is 3.00 e. The molecule has 0 aromatic heterocycles. The molecule has 0 heterocycles. The van der Waals surface area contributed by atoms with Gasteiger partial charge in [-0.1, -0.05) is 198 Å². The van der Waals surface area contributed by atoms with Crippen LogP contribution in [0.3, 0.4) is 0 Å². The SMILES string of the molecule is CC(C)(C)c1cc2c(cc1-c1ccccc1)=[C-]c1c(C3=CC=CC3)c(-c3ccccc3)c(C(C)(C)C)c(=C(c3ccccc3)c3ccccc3)c1=2.[Cl-].[Cl-].[Zr+3]. The molecule has 0 spiro atoms. The molecule has 0 fully saturated rings. The second kappa shape index (κ2) is 16.4. The Kier molecular flexibility index (Phi) is 12.5. The quantitative estimate of drug-likeness (QED) is 0.201. The van der Waals surface area contributed by atoms with Crippen LogP contribution in [0.5, 0.6) is 0 Å². The number of halogens is 2. The molecule has 6 aromatic carbocycles. The summed E-state index contributed by atoms with van der Waals surface area (Å²) in [5.74, 6) is 0. The molecule has 0 saturated heterocycles. The van der Waals surface area contributed by atoms with Gasteiger partial charge in [-0.15, -0.1) is 33.4 Å². The summed E-state index contributed by atoms with van der Waals surface area (Å²) in [4.78, 5) is 0. The zero-order valence-corrected chi connectivity index (χ0v) is 35.9. The standard InChI is InChI=1S/C51H45.2ClH.Zr/c1-50(2,3)43-33-41-39(31-40(43)34-21-11-7-12-22-34)32-42-45(37-29-19-20-30-37)46(38-27-17-10-18-28-38)49(51(4,5)6)48(47(41)42)44(35-23-13-8-14-24-35)36-25-15-9-16-26-36;;;/h7-29,31,33H,30H2,1-6H3;2*1H;/q-1;;;+3/p-2. The number of fused-ring (bicyclic) bond motifs is 2. The Labute approximate surface area is 352 Å². The third-order valence-corrected chi connectivity index (χ3v) is 10.4. The number of hydrogen-bond donors (Lipinski definition) is 0. The van der Waals surface area contributed by atoms with Crippen molar-refractivity contribution in [2.45, 2.75) is 58.8 Å². The van der Waals surface area contributed by atoms with E-state index in [1.165, 1.54) is 82.4 Å². The minimum atomic E-state index is -0.203. The van der Waals surface area contributed by atoms with Gasteiger partial charge in [0.1, 0.15) is 0 Å². The van der Waals surface area contributed by atoms with Crippen molar-refractivity contribution in [3.05, 3.63) is 206 Å². The third-order valence-electron chi connectivity index (χ3n) is 10.4. The van der Waals surface area contributed by atoms with E-state index in [0.29, 0.717) is 0 Å². The Bertz CT molecular complexity index is 2530. The molecule has 0 N–H and O–H groups in total. The molecule has 0 unspecified atom stereocenters. The van der Waals surface area contributed by atoms with Gasteiger partial charge < -0.3 is 24.8 Å².